The quantitative estimate of drug-likeness (QED) is 0.596. The lowest BCUT2D eigenvalue weighted by molar-refractivity contribution is -0.121. The van der Waals surface area contributed by atoms with Crippen LogP contribution in [0.2, 0.25) is 0 Å². The minimum absolute atomic E-state index is 0.283. The number of carbonyl (C=O) groups excluding carboxylic acids is 1. The highest BCUT2D eigenvalue weighted by molar-refractivity contribution is 7.18. The predicted molar refractivity (Wildman–Crippen MR) is 121 cm³/mol. The van der Waals surface area contributed by atoms with Crippen molar-refractivity contribution in [2.75, 3.05) is 13.1 Å². The van der Waals surface area contributed by atoms with E-state index in [0.717, 1.165) is 20.6 Å². The molecule has 0 saturated heterocycles. The van der Waals surface area contributed by atoms with Crippen LogP contribution < -0.4 is 22.3 Å². The van der Waals surface area contributed by atoms with E-state index >= 15 is 0 Å². The Kier molecular flexibility index (Phi) is 5.83. The average Bonchev–Trinajstić information content (AvgIpc) is 3.11. The second kappa shape index (κ2) is 8.41. The maximum atomic E-state index is 13.4. The first-order valence-electron chi connectivity index (χ1n) is 10.2. The van der Waals surface area contributed by atoms with Crippen LogP contribution in [0.1, 0.15) is 29.9 Å². The molecule has 3 heterocycles. The van der Waals surface area contributed by atoms with Gasteiger partial charge in [0.05, 0.1) is 24.1 Å². The van der Waals surface area contributed by atoms with Crippen molar-refractivity contribution < 1.29 is 9.53 Å². The number of hydrogen-bond donors (Lipinski definition) is 2. The number of hydrogen-bond acceptors (Lipinski definition) is 6. The van der Waals surface area contributed by atoms with Crippen LogP contribution in [0.25, 0.3) is 10.2 Å². The second-order valence-corrected chi connectivity index (χ2v) is 9.38. The number of amides is 1. The third-order valence-corrected chi connectivity index (χ3v) is 6.61. The summed E-state index contributed by atoms with van der Waals surface area (Å²) in [5, 5.41) is 3.15. The summed E-state index contributed by atoms with van der Waals surface area (Å²) in [6.45, 7) is 4.91. The van der Waals surface area contributed by atoms with Gasteiger partial charge in [0.25, 0.3) is 5.56 Å². The number of carbonyl (C=O) groups is 1. The lowest BCUT2D eigenvalue weighted by Crippen LogP contribution is -2.44. The van der Waals surface area contributed by atoms with Crippen LogP contribution in [0.3, 0.4) is 0 Å². The monoisotopic (exact) mass is 442 g/mol. The second-order valence-electron chi connectivity index (χ2n) is 8.29. The van der Waals surface area contributed by atoms with Crippen LogP contribution >= 0.6 is 11.3 Å². The largest absolute Gasteiger partial charge is 0.370 e. The van der Waals surface area contributed by atoms with Crippen molar-refractivity contribution in [3.05, 3.63) is 67.2 Å². The number of aromatic nitrogens is 2. The molecule has 0 fully saturated rings. The van der Waals surface area contributed by atoms with Gasteiger partial charge in [0.2, 0.25) is 5.91 Å². The molecule has 0 atom stereocenters. The number of ether oxygens (including phenoxy) is 1. The predicted octanol–water partition coefficient (Wildman–Crippen LogP) is 1.20. The highest BCUT2D eigenvalue weighted by Gasteiger charge is 2.32. The number of rotatable bonds is 6. The first kappa shape index (κ1) is 21.5. The molecule has 3 aromatic rings. The Morgan fingerprint density at radius 1 is 1.23 bits per heavy atom. The van der Waals surface area contributed by atoms with Crippen molar-refractivity contribution >= 4 is 27.5 Å². The van der Waals surface area contributed by atoms with Crippen LogP contribution in [0.4, 0.5) is 0 Å². The van der Waals surface area contributed by atoms with Crippen molar-refractivity contribution in [3.8, 4) is 0 Å². The number of nitrogens with zero attached hydrogens (tertiary/aromatic N) is 2. The molecular formula is C22H26N4O4S. The molecule has 1 aliphatic heterocycles. The zero-order valence-corrected chi connectivity index (χ0v) is 18.5. The molecule has 164 valence electrons. The summed E-state index contributed by atoms with van der Waals surface area (Å²) in [6.07, 6.45) is 0.570. The van der Waals surface area contributed by atoms with E-state index in [1.165, 1.54) is 11.3 Å². The van der Waals surface area contributed by atoms with Crippen LogP contribution in [-0.4, -0.2) is 33.7 Å². The Bertz CT molecular complexity index is 1240. The van der Waals surface area contributed by atoms with Gasteiger partial charge < -0.3 is 15.8 Å². The summed E-state index contributed by atoms with van der Waals surface area (Å²) >= 11 is 1.42. The van der Waals surface area contributed by atoms with E-state index in [9.17, 15) is 14.4 Å². The summed E-state index contributed by atoms with van der Waals surface area (Å²) in [6, 6.07) is 9.59. The van der Waals surface area contributed by atoms with E-state index in [0.29, 0.717) is 29.8 Å². The molecule has 1 aromatic carbocycles. The zero-order valence-electron chi connectivity index (χ0n) is 17.6. The van der Waals surface area contributed by atoms with Gasteiger partial charge in [-0.2, -0.15) is 0 Å². The van der Waals surface area contributed by atoms with E-state index in [2.05, 4.69) is 5.32 Å². The number of fused-ring (bicyclic) bond motifs is 3. The molecule has 2 aromatic heterocycles. The fraction of sp³-hybridized carbons (Fsp3) is 0.409. The molecule has 8 nitrogen and oxygen atoms in total. The Balaban J connectivity index is 1.92. The zero-order chi connectivity index (χ0) is 22.2. The van der Waals surface area contributed by atoms with Gasteiger partial charge >= 0.3 is 5.69 Å². The highest BCUT2D eigenvalue weighted by atomic mass is 32.1. The smallest absolute Gasteiger partial charge is 0.332 e. The molecule has 1 aliphatic rings. The van der Waals surface area contributed by atoms with Crippen molar-refractivity contribution in [2.45, 2.75) is 45.6 Å². The molecule has 0 aliphatic carbocycles. The van der Waals surface area contributed by atoms with Crippen LogP contribution in [-0.2, 0) is 35.6 Å². The number of nitrogens with two attached hydrogens (primary N) is 1. The minimum Gasteiger partial charge on any atom is -0.370 e. The first-order chi connectivity index (χ1) is 14.8. The third kappa shape index (κ3) is 4.21. The fourth-order valence-electron chi connectivity index (χ4n) is 3.86. The number of nitrogens with one attached hydrogen (secondary N) is 1. The van der Waals surface area contributed by atoms with Gasteiger partial charge in [0.1, 0.15) is 11.4 Å². The lowest BCUT2D eigenvalue weighted by Gasteiger charge is -2.29. The van der Waals surface area contributed by atoms with Gasteiger partial charge in [-0.1, -0.05) is 30.3 Å². The fourth-order valence-corrected chi connectivity index (χ4v) is 5.07. The van der Waals surface area contributed by atoms with E-state index < -0.39 is 22.8 Å². The van der Waals surface area contributed by atoms with E-state index in [1.807, 2.05) is 44.2 Å². The third-order valence-electron chi connectivity index (χ3n) is 5.39. The Morgan fingerprint density at radius 2 is 1.97 bits per heavy atom. The summed E-state index contributed by atoms with van der Waals surface area (Å²) in [7, 11) is 0. The van der Waals surface area contributed by atoms with Gasteiger partial charge in [-0.15, -0.1) is 11.3 Å². The molecule has 0 saturated carbocycles. The molecule has 0 bridgehead atoms. The molecule has 31 heavy (non-hydrogen) atoms. The molecule has 9 heteroatoms. The van der Waals surface area contributed by atoms with Crippen molar-refractivity contribution in [1.29, 1.82) is 0 Å². The molecule has 0 spiro atoms. The number of thiophene rings is 1. The van der Waals surface area contributed by atoms with Crippen LogP contribution in [0.15, 0.2) is 39.9 Å². The maximum Gasteiger partial charge on any atom is 0.332 e. The van der Waals surface area contributed by atoms with Crippen molar-refractivity contribution in [2.24, 2.45) is 5.73 Å². The molecule has 0 unspecified atom stereocenters. The molecule has 3 N–H and O–H groups in total. The van der Waals surface area contributed by atoms with E-state index in [-0.39, 0.29) is 19.6 Å². The van der Waals surface area contributed by atoms with Gasteiger partial charge in [-0.3, -0.25) is 18.7 Å². The normalized spacial score (nSPS) is 15.1. The maximum absolute atomic E-state index is 13.4. The summed E-state index contributed by atoms with van der Waals surface area (Å²) in [4.78, 5) is 40.7. The minimum atomic E-state index is -0.497. The topological polar surface area (TPSA) is 108 Å². The van der Waals surface area contributed by atoms with Crippen LogP contribution in [0.5, 0.6) is 0 Å². The highest BCUT2D eigenvalue weighted by Crippen LogP contribution is 2.37. The van der Waals surface area contributed by atoms with Crippen molar-refractivity contribution in [1.82, 2.24) is 14.5 Å². The Hall–Kier alpha value is -2.75. The van der Waals surface area contributed by atoms with Gasteiger partial charge in [0, 0.05) is 24.4 Å². The van der Waals surface area contributed by atoms with Gasteiger partial charge in [0.15, 0.2) is 0 Å². The molecule has 4 rings (SSSR count). The van der Waals surface area contributed by atoms with E-state index in [4.69, 9.17) is 10.5 Å². The standard InChI is InChI=1S/C22H26N4O4S/c1-22(2)10-15-16(13-30-22)31-20-18(15)19(28)25(12-17(27)24-9-8-23)21(29)26(20)11-14-6-4-3-5-7-14/h3-7H,8-13,23H2,1-2H3,(H,24,27). The Labute approximate surface area is 183 Å². The van der Waals surface area contributed by atoms with Gasteiger partial charge in [-0.05, 0) is 25.0 Å². The average molecular weight is 443 g/mol. The van der Waals surface area contributed by atoms with E-state index in [1.54, 1.807) is 4.57 Å². The lowest BCUT2D eigenvalue weighted by atomic mass is 9.94. The molecule has 0 radical (unpaired) electrons. The number of benzene rings is 1. The summed E-state index contributed by atoms with van der Waals surface area (Å²) in [5.74, 6) is -0.414. The Morgan fingerprint density at radius 3 is 2.68 bits per heavy atom. The molecular weight excluding hydrogens is 416 g/mol. The molecule has 1 amide bonds. The SMILES string of the molecule is CC1(C)Cc2c(sc3c2c(=O)n(CC(=O)NCCN)c(=O)n3Cc2ccccc2)CO1. The van der Waals surface area contributed by atoms with Gasteiger partial charge in [-0.25, -0.2) is 4.79 Å². The first-order valence-corrected chi connectivity index (χ1v) is 11.0. The summed E-state index contributed by atoms with van der Waals surface area (Å²) in [5.41, 5.74) is 5.96. The van der Waals surface area contributed by atoms with Crippen molar-refractivity contribution in [3.63, 3.8) is 0 Å². The van der Waals surface area contributed by atoms with Crippen LogP contribution in [0, 0.1) is 0 Å². The summed E-state index contributed by atoms with van der Waals surface area (Å²) < 4.78 is 8.56.